The summed E-state index contributed by atoms with van der Waals surface area (Å²) >= 11 is 0. The van der Waals surface area contributed by atoms with Crippen molar-refractivity contribution in [2.24, 2.45) is 0 Å². The van der Waals surface area contributed by atoms with E-state index in [4.69, 9.17) is 10.1 Å². The van der Waals surface area contributed by atoms with Crippen LogP contribution >= 0.6 is 0 Å². The quantitative estimate of drug-likeness (QED) is 0.591. The average Bonchev–Trinajstić information content (AvgIpc) is 3.31. The first-order valence-electron chi connectivity index (χ1n) is 11.0. The second-order valence-electron chi connectivity index (χ2n) is 8.39. The molecule has 172 valence electrons. The zero-order valence-electron chi connectivity index (χ0n) is 19.1. The second-order valence-corrected chi connectivity index (χ2v) is 8.39. The van der Waals surface area contributed by atoms with E-state index in [2.05, 4.69) is 15.3 Å². The maximum absolute atomic E-state index is 13.2. The van der Waals surface area contributed by atoms with Crippen LogP contribution in [0.15, 0.2) is 36.5 Å². The fraction of sp³-hybridized carbons (Fsp3) is 0.375. The molecule has 9 nitrogen and oxygen atoms in total. The molecule has 2 amide bonds. The van der Waals surface area contributed by atoms with E-state index in [1.807, 2.05) is 51.4 Å². The van der Waals surface area contributed by atoms with E-state index in [1.54, 1.807) is 16.0 Å². The number of pyridine rings is 1. The third kappa shape index (κ3) is 4.63. The van der Waals surface area contributed by atoms with E-state index < -0.39 is 0 Å². The fourth-order valence-electron chi connectivity index (χ4n) is 4.09. The van der Waals surface area contributed by atoms with Crippen LogP contribution in [-0.2, 0) is 0 Å². The van der Waals surface area contributed by atoms with Gasteiger partial charge in [-0.3, -0.25) is 14.6 Å². The van der Waals surface area contributed by atoms with Gasteiger partial charge in [0.1, 0.15) is 0 Å². The molecule has 1 aliphatic heterocycles. The molecule has 0 bridgehead atoms. The molecule has 0 aliphatic carbocycles. The Kier molecular flexibility index (Phi) is 6.50. The monoisotopic (exact) mass is 448 g/mol. The molecule has 1 saturated heterocycles. The van der Waals surface area contributed by atoms with Gasteiger partial charge in [-0.05, 0) is 25.5 Å². The lowest BCUT2D eigenvalue weighted by atomic mass is 9.99. The number of rotatable bonds is 6. The first-order valence-corrected chi connectivity index (χ1v) is 11.0. The van der Waals surface area contributed by atoms with Crippen LogP contribution in [0.4, 0.5) is 5.95 Å². The standard InChI is InChI=1S/C24H28N6O3/c1-15-19(13-26-24(27-15)29(2)3)23(33)30-10-8-16(14-30)21-12-18(22(32)25-9-11-31)17-6-4-5-7-20(17)28-21/h4-7,12-13,16,31H,8-11,14H2,1-3H3,(H,25,32). The maximum Gasteiger partial charge on any atom is 0.257 e. The van der Waals surface area contributed by atoms with Crippen molar-refractivity contribution in [2.45, 2.75) is 19.3 Å². The minimum Gasteiger partial charge on any atom is -0.395 e. The average molecular weight is 449 g/mol. The third-order valence-corrected chi connectivity index (χ3v) is 5.87. The molecule has 33 heavy (non-hydrogen) atoms. The van der Waals surface area contributed by atoms with Crippen LogP contribution in [0.2, 0.25) is 0 Å². The highest BCUT2D eigenvalue weighted by Gasteiger charge is 2.31. The summed E-state index contributed by atoms with van der Waals surface area (Å²) in [6.07, 6.45) is 2.34. The van der Waals surface area contributed by atoms with E-state index in [-0.39, 0.29) is 30.9 Å². The molecular formula is C24H28N6O3. The highest BCUT2D eigenvalue weighted by Crippen LogP contribution is 2.30. The van der Waals surface area contributed by atoms with Gasteiger partial charge >= 0.3 is 0 Å². The van der Waals surface area contributed by atoms with Crippen LogP contribution in [0.1, 0.15) is 44.4 Å². The largest absolute Gasteiger partial charge is 0.395 e. The molecule has 0 saturated carbocycles. The Balaban J connectivity index is 1.58. The number of anilines is 1. The van der Waals surface area contributed by atoms with E-state index >= 15 is 0 Å². The van der Waals surface area contributed by atoms with Crippen LogP contribution < -0.4 is 10.2 Å². The molecule has 1 fully saturated rings. The molecule has 1 unspecified atom stereocenters. The number of likely N-dealkylation sites (tertiary alicyclic amines) is 1. The first kappa shape index (κ1) is 22.6. The molecular weight excluding hydrogens is 420 g/mol. The summed E-state index contributed by atoms with van der Waals surface area (Å²) in [7, 11) is 3.71. The molecule has 1 aliphatic rings. The SMILES string of the molecule is Cc1nc(N(C)C)ncc1C(=O)N1CCC(c2cc(C(=O)NCCO)c3ccccc3n2)C1. The van der Waals surface area contributed by atoms with Crippen molar-refractivity contribution in [3.05, 3.63) is 59.0 Å². The van der Waals surface area contributed by atoms with Crippen LogP contribution in [0.25, 0.3) is 10.9 Å². The minimum absolute atomic E-state index is 0.0187. The van der Waals surface area contributed by atoms with Gasteiger partial charge in [0.2, 0.25) is 5.95 Å². The predicted molar refractivity (Wildman–Crippen MR) is 126 cm³/mol. The van der Waals surface area contributed by atoms with Gasteiger partial charge in [0.25, 0.3) is 11.8 Å². The van der Waals surface area contributed by atoms with Crippen molar-refractivity contribution in [2.75, 3.05) is 45.2 Å². The Bertz CT molecular complexity index is 1200. The predicted octanol–water partition coefficient (Wildman–Crippen LogP) is 1.75. The summed E-state index contributed by atoms with van der Waals surface area (Å²) in [6, 6.07) is 9.32. The molecule has 2 aromatic heterocycles. The summed E-state index contributed by atoms with van der Waals surface area (Å²) in [5, 5.41) is 12.6. The van der Waals surface area contributed by atoms with Crippen LogP contribution in [0, 0.1) is 6.92 Å². The van der Waals surface area contributed by atoms with Gasteiger partial charge < -0.3 is 20.2 Å². The zero-order chi connectivity index (χ0) is 23.5. The van der Waals surface area contributed by atoms with Gasteiger partial charge in [0.05, 0.1) is 28.9 Å². The number of nitrogens with zero attached hydrogens (tertiary/aromatic N) is 5. The van der Waals surface area contributed by atoms with E-state index in [9.17, 15) is 9.59 Å². The molecule has 0 radical (unpaired) electrons. The molecule has 1 aromatic carbocycles. The molecule has 2 N–H and O–H groups in total. The minimum atomic E-state index is -0.247. The number of nitrogens with one attached hydrogen (secondary N) is 1. The Hall–Kier alpha value is -3.59. The van der Waals surface area contributed by atoms with Gasteiger partial charge in [-0.2, -0.15) is 0 Å². The van der Waals surface area contributed by atoms with Gasteiger partial charge in [0, 0.05) is 56.9 Å². The highest BCUT2D eigenvalue weighted by atomic mass is 16.3. The topological polar surface area (TPSA) is 112 Å². The van der Waals surface area contributed by atoms with Crippen molar-refractivity contribution in [1.29, 1.82) is 0 Å². The van der Waals surface area contributed by atoms with Crippen molar-refractivity contribution in [1.82, 2.24) is 25.2 Å². The molecule has 1 atom stereocenters. The number of aliphatic hydroxyl groups is 1. The van der Waals surface area contributed by atoms with Crippen molar-refractivity contribution in [3.8, 4) is 0 Å². The van der Waals surface area contributed by atoms with Crippen LogP contribution in [0.5, 0.6) is 0 Å². The molecule has 4 rings (SSSR count). The molecule has 3 aromatic rings. The fourth-order valence-corrected chi connectivity index (χ4v) is 4.09. The van der Waals surface area contributed by atoms with E-state index in [1.165, 1.54) is 0 Å². The Morgan fingerprint density at radius 3 is 2.73 bits per heavy atom. The van der Waals surface area contributed by atoms with E-state index in [0.717, 1.165) is 23.0 Å². The van der Waals surface area contributed by atoms with Gasteiger partial charge in [-0.25, -0.2) is 9.97 Å². The van der Waals surface area contributed by atoms with Crippen molar-refractivity contribution < 1.29 is 14.7 Å². The van der Waals surface area contributed by atoms with Gasteiger partial charge in [-0.1, -0.05) is 18.2 Å². The highest BCUT2D eigenvalue weighted by molar-refractivity contribution is 6.06. The summed E-state index contributed by atoms with van der Waals surface area (Å²) in [5.74, 6) is 0.242. The summed E-state index contributed by atoms with van der Waals surface area (Å²) in [4.78, 5) is 43.0. The van der Waals surface area contributed by atoms with Gasteiger partial charge in [-0.15, -0.1) is 0 Å². The summed E-state index contributed by atoms with van der Waals surface area (Å²) < 4.78 is 0. The van der Waals surface area contributed by atoms with E-state index in [0.29, 0.717) is 35.9 Å². The lowest BCUT2D eigenvalue weighted by Gasteiger charge is -2.19. The number of amides is 2. The Labute approximate surface area is 192 Å². The number of hydrogen-bond acceptors (Lipinski definition) is 7. The maximum atomic E-state index is 13.2. The summed E-state index contributed by atoms with van der Waals surface area (Å²) in [5.41, 5.74) is 3.19. The number of para-hydroxylation sites is 1. The number of aromatic nitrogens is 3. The first-order chi connectivity index (χ1) is 15.9. The Morgan fingerprint density at radius 2 is 2.00 bits per heavy atom. The summed E-state index contributed by atoms with van der Waals surface area (Å²) in [6.45, 7) is 2.98. The molecule has 9 heteroatoms. The van der Waals surface area contributed by atoms with Crippen LogP contribution in [-0.4, -0.2) is 77.1 Å². The Morgan fingerprint density at radius 1 is 1.21 bits per heavy atom. The number of aliphatic hydroxyl groups excluding tert-OH is 1. The molecule has 3 heterocycles. The number of fused-ring (bicyclic) bond motifs is 1. The number of benzene rings is 1. The normalized spacial score (nSPS) is 15.6. The smallest absolute Gasteiger partial charge is 0.257 e. The van der Waals surface area contributed by atoms with Gasteiger partial charge in [0.15, 0.2) is 0 Å². The lowest BCUT2D eigenvalue weighted by Crippen LogP contribution is -2.30. The number of carbonyl (C=O) groups excluding carboxylic acids is 2. The zero-order valence-corrected chi connectivity index (χ0v) is 19.1. The lowest BCUT2D eigenvalue weighted by molar-refractivity contribution is 0.0788. The van der Waals surface area contributed by atoms with Crippen molar-refractivity contribution >= 4 is 28.7 Å². The number of aryl methyl sites for hydroxylation is 1. The number of carbonyl (C=O) groups is 2. The number of hydrogen-bond donors (Lipinski definition) is 2. The second kappa shape index (κ2) is 9.50. The third-order valence-electron chi connectivity index (χ3n) is 5.87. The molecule has 0 spiro atoms. The van der Waals surface area contributed by atoms with Crippen molar-refractivity contribution in [3.63, 3.8) is 0 Å². The van der Waals surface area contributed by atoms with Crippen LogP contribution in [0.3, 0.4) is 0 Å².